The van der Waals surface area contributed by atoms with E-state index in [0.717, 1.165) is 6.42 Å². The van der Waals surface area contributed by atoms with Crippen molar-refractivity contribution in [2.45, 2.75) is 85.6 Å². The van der Waals surface area contributed by atoms with E-state index in [-0.39, 0.29) is 30.2 Å². The molecule has 1 atom stereocenters. The summed E-state index contributed by atoms with van der Waals surface area (Å²) >= 11 is 3.77. The molecule has 0 N–H and O–H groups in total. The molecule has 1 aromatic rings. The molecule has 0 aromatic carbocycles. The molecule has 2 heterocycles. The minimum atomic E-state index is -1.44. The molecule has 1 aromatic heterocycles. The van der Waals surface area contributed by atoms with Crippen LogP contribution in [0.5, 0.6) is 0 Å². The maximum Gasteiger partial charge on any atom is -0.147 e. The first-order chi connectivity index (χ1) is 14.6. The number of thiophene rings is 1. The standard InChI is InChI=1S/C24H33S2Si2.C3H6.2ClH.Zr/c1-24(2,3)16-11-10-15(12-16)21-22-17-13-20(27(4,5)6)25-18(17)14-19(22)26-23(21)28(7,8)9;1-3-2;;;/h11-13,19H,10H2,1-9H3;1-2H3;2*1H;. The quantitative estimate of drug-likeness (QED) is 0.310. The summed E-state index contributed by atoms with van der Waals surface area (Å²) in [5.41, 5.74) is 6.75. The summed E-state index contributed by atoms with van der Waals surface area (Å²) in [7, 11) is -2.76. The summed E-state index contributed by atoms with van der Waals surface area (Å²) < 4.78 is 8.73. The van der Waals surface area contributed by atoms with Crippen LogP contribution in [0.25, 0.3) is 8.85 Å². The predicted molar refractivity (Wildman–Crippen MR) is 166 cm³/mol. The molecule has 1 aliphatic heterocycles. The van der Waals surface area contributed by atoms with Gasteiger partial charge in [0.15, 0.2) is 0 Å². The van der Waals surface area contributed by atoms with E-state index in [9.17, 15) is 0 Å². The van der Waals surface area contributed by atoms with Crippen LogP contribution in [-0.4, -0.2) is 24.6 Å². The molecule has 3 aliphatic rings. The van der Waals surface area contributed by atoms with Crippen molar-refractivity contribution in [1.29, 1.82) is 0 Å². The van der Waals surface area contributed by atoms with Crippen LogP contribution in [0, 0.1) is 5.41 Å². The molecule has 2 aliphatic carbocycles. The largest absolute Gasteiger partial charge is 0.147 e. The third-order valence-electron chi connectivity index (χ3n) is 6.39. The number of hydrogen-bond acceptors (Lipinski definition) is 2. The number of hydrogen-bond donors (Lipinski definition) is 0. The molecule has 0 bridgehead atoms. The van der Waals surface area contributed by atoms with E-state index in [4.69, 9.17) is 0 Å². The Labute approximate surface area is 241 Å². The van der Waals surface area contributed by atoms with Crippen molar-refractivity contribution >= 4 is 80.6 Å². The molecule has 187 valence electrons. The maximum absolute atomic E-state index is 2.65. The fraction of sp³-hybridized carbons (Fsp3) is 0.519. The predicted octanol–water partition coefficient (Wildman–Crippen LogP) is 7.25. The smallest absolute Gasteiger partial charge is 0.147 e. The minimum absolute atomic E-state index is 0. The zero-order chi connectivity index (χ0) is 23.8. The molecule has 0 saturated carbocycles. The zero-order valence-corrected chi connectivity index (χ0v) is 30.4. The van der Waals surface area contributed by atoms with Crippen molar-refractivity contribution in [3.8, 4) is 0 Å². The molecule has 4 rings (SSSR count). The van der Waals surface area contributed by atoms with E-state index in [0.29, 0.717) is 5.25 Å². The average molecular weight is 648 g/mol. The average Bonchev–Trinajstić information content (AvgIpc) is 3.33. The summed E-state index contributed by atoms with van der Waals surface area (Å²) in [6.45, 7) is 27.1. The third-order valence-corrected chi connectivity index (χ3v) is 20.3. The number of thioether (sulfide) groups is 1. The molecule has 7 heteroatoms. The fourth-order valence-corrected chi connectivity index (χ4v) is 15.9. The van der Waals surface area contributed by atoms with Crippen molar-refractivity contribution < 1.29 is 22.8 Å². The summed E-state index contributed by atoms with van der Waals surface area (Å²) in [5, 5.41) is 2.25. The van der Waals surface area contributed by atoms with Gasteiger partial charge in [-0.2, -0.15) is 0 Å². The monoisotopic (exact) mass is 645 g/mol. The Kier molecular flexibility index (Phi) is 9.58. The van der Waals surface area contributed by atoms with Crippen molar-refractivity contribution in [3.05, 3.63) is 49.2 Å². The Morgan fingerprint density at radius 1 is 1.00 bits per heavy atom. The summed E-state index contributed by atoms with van der Waals surface area (Å²) in [6, 6.07) is 2.65. The number of rotatable bonds is 4. The first kappa shape index (κ1) is 31.0. The van der Waals surface area contributed by atoms with Gasteiger partial charge in [0.2, 0.25) is 0 Å². The van der Waals surface area contributed by atoms with E-state index in [1.54, 1.807) is 38.7 Å². The molecule has 34 heavy (non-hydrogen) atoms. The van der Waals surface area contributed by atoms with Crippen LogP contribution in [0.2, 0.25) is 39.3 Å². The first-order valence-electron chi connectivity index (χ1n) is 11.9. The first-order valence-corrected chi connectivity index (χ1v) is 23.0. The number of allylic oxidation sites excluding steroid dienone is 5. The van der Waals surface area contributed by atoms with E-state index >= 15 is 0 Å². The van der Waals surface area contributed by atoms with Gasteiger partial charge in [-0.3, -0.25) is 0 Å². The second kappa shape index (κ2) is 10.5. The van der Waals surface area contributed by atoms with Crippen molar-refractivity contribution in [2.24, 2.45) is 5.41 Å². The van der Waals surface area contributed by atoms with Crippen molar-refractivity contribution in [1.82, 2.24) is 0 Å². The molecule has 0 saturated heterocycles. The van der Waals surface area contributed by atoms with Gasteiger partial charge in [-0.05, 0) is 0 Å². The summed E-state index contributed by atoms with van der Waals surface area (Å²) in [6.07, 6.45) is 6.18. The van der Waals surface area contributed by atoms with Crippen molar-refractivity contribution in [2.75, 3.05) is 0 Å². The van der Waals surface area contributed by atoms with Crippen LogP contribution in [0.4, 0.5) is 0 Å². The van der Waals surface area contributed by atoms with Gasteiger partial charge in [0.1, 0.15) is 0 Å². The SMILES string of the molecule is C[C](C)=[Zr][C]1=c2sc([Si](C)(C)C)cc2=C2C(C3=CC(C(C)(C)C)=CC3)=C([Si](C)(C)C)SC21.Cl.Cl. The number of halogens is 2. The topological polar surface area (TPSA) is 0 Å². The summed E-state index contributed by atoms with van der Waals surface area (Å²) in [4.78, 5) is 0. The van der Waals surface area contributed by atoms with Gasteiger partial charge in [-0.1, -0.05) is 0 Å². The second-order valence-electron chi connectivity index (χ2n) is 12.8. The minimum Gasteiger partial charge on any atom is -0.147 e. The molecule has 0 fully saturated rings. The Hall–Kier alpha value is 0.777. The normalized spacial score (nSPS) is 19.8. The van der Waals surface area contributed by atoms with Crippen LogP contribution in [-0.2, 0) is 22.8 Å². The van der Waals surface area contributed by atoms with Gasteiger partial charge in [0.05, 0.1) is 0 Å². The van der Waals surface area contributed by atoms with Crippen LogP contribution in [0.1, 0.15) is 41.0 Å². The molecule has 0 amide bonds. The van der Waals surface area contributed by atoms with Gasteiger partial charge in [0, 0.05) is 0 Å². The molecular weight excluding hydrogens is 607 g/mol. The van der Waals surface area contributed by atoms with Crippen LogP contribution < -0.4 is 14.3 Å². The van der Waals surface area contributed by atoms with Gasteiger partial charge in [0.25, 0.3) is 0 Å². The van der Waals surface area contributed by atoms with Crippen LogP contribution in [0.15, 0.2) is 39.5 Å². The Bertz CT molecular complexity index is 1240. The van der Waals surface area contributed by atoms with Gasteiger partial charge in [-0.15, -0.1) is 24.8 Å². The Morgan fingerprint density at radius 3 is 2.09 bits per heavy atom. The van der Waals surface area contributed by atoms with E-state index < -0.39 is 38.9 Å². The van der Waals surface area contributed by atoms with Gasteiger partial charge < -0.3 is 0 Å². The molecule has 0 nitrogen and oxygen atoms in total. The second-order valence-corrected chi connectivity index (χ2v) is 30.1. The van der Waals surface area contributed by atoms with Crippen LogP contribution in [0.3, 0.4) is 0 Å². The molecule has 0 spiro atoms. The Morgan fingerprint density at radius 2 is 1.62 bits per heavy atom. The van der Waals surface area contributed by atoms with Crippen LogP contribution >= 0.6 is 47.9 Å². The van der Waals surface area contributed by atoms with Crippen molar-refractivity contribution in [3.63, 3.8) is 0 Å². The third kappa shape index (κ3) is 5.76. The van der Waals surface area contributed by atoms with E-state index in [2.05, 4.69) is 115 Å². The Balaban J connectivity index is 0.00000204. The van der Waals surface area contributed by atoms with Gasteiger partial charge >= 0.3 is 219 Å². The molecular formula is C27H41Cl2S2Si2Zr. The van der Waals surface area contributed by atoms with E-state index in [1.807, 2.05) is 3.28 Å². The fourth-order valence-electron chi connectivity index (χ4n) is 4.73. The van der Waals surface area contributed by atoms with E-state index in [1.165, 1.54) is 5.57 Å². The molecule has 0 radical (unpaired) electrons. The number of fused-ring (bicyclic) bond motifs is 2. The molecule has 1 unspecified atom stereocenters. The zero-order valence-electron chi connectivity index (χ0n) is 22.6. The summed E-state index contributed by atoms with van der Waals surface area (Å²) in [5.74, 6) is 0. The van der Waals surface area contributed by atoms with Gasteiger partial charge in [-0.25, -0.2) is 0 Å². The maximum atomic E-state index is 2.65.